The molecule has 2 rings (SSSR count). The fraction of sp³-hybridized carbons (Fsp3) is 0.429. The monoisotopic (exact) mass is 324 g/mol. The summed E-state index contributed by atoms with van der Waals surface area (Å²) in [4.78, 5) is 23.3. The number of carboxylic acid groups (broad SMARTS) is 1. The minimum Gasteiger partial charge on any atom is -0.480 e. The molecule has 1 atom stereocenters. The number of aliphatic carboxylic acids is 1. The van der Waals surface area contributed by atoms with Crippen molar-refractivity contribution >= 4 is 24.5 Å². The van der Waals surface area contributed by atoms with Crippen molar-refractivity contribution in [1.82, 2.24) is 5.32 Å². The van der Waals surface area contributed by atoms with Gasteiger partial charge in [-0.15, -0.1) is 0 Å². The van der Waals surface area contributed by atoms with E-state index in [1.807, 2.05) is 0 Å². The maximum atomic E-state index is 14.0. The van der Waals surface area contributed by atoms with E-state index >= 15 is 0 Å². The Morgan fingerprint density at radius 1 is 1.43 bits per heavy atom. The lowest BCUT2D eigenvalue weighted by molar-refractivity contribution is -0.139. The molecule has 1 aliphatic rings. The Kier molecular flexibility index (Phi) is 5.70. The van der Waals surface area contributed by atoms with Gasteiger partial charge in [0.2, 0.25) is 0 Å². The molecule has 1 aliphatic heterocycles. The van der Waals surface area contributed by atoms with Crippen molar-refractivity contribution in [3.63, 3.8) is 0 Å². The predicted molar refractivity (Wildman–Crippen MR) is 80.6 cm³/mol. The number of carboxylic acids is 1. The highest BCUT2D eigenvalue weighted by Crippen LogP contribution is 2.16. The van der Waals surface area contributed by atoms with E-state index in [0.717, 1.165) is 6.07 Å². The Balaban J connectivity index is 2.12. The van der Waals surface area contributed by atoms with Crippen LogP contribution in [0, 0.1) is 5.82 Å². The Morgan fingerprint density at radius 3 is 2.83 bits per heavy atom. The summed E-state index contributed by atoms with van der Waals surface area (Å²) in [6.45, 7) is 0.498. The highest BCUT2D eigenvalue weighted by molar-refractivity contribution is 6.61. The minimum atomic E-state index is -1.21. The molecule has 124 valence electrons. The van der Waals surface area contributed by atoms with Crippen LogP contribution in [0.2, 0.25) is 0 Å². The van der Waals surface area contributed by atoms with Gasteiger partial charge in [-0.3, -0.25) is 4.79 Å². The summed E-state index contributed by atoms with van der Waals surface area (Å²) in [5, 5.41) is 20.9. The molecule has 1 aromatic rings. The van der Waals surface area contributed by atoms with E-state index in [2.05, 4.69) is 5.32 Å². The third-order valence-corrected chi connectivity index (χ3v) is 3.69. The maximum absolute atomic E-state index is 14.0. The fourth-order valence-corrected chi connectivity index (χ4v) is 2.41. The first-order valence-corrected chi connectivity index (χ1v) is 7.29. The van der Waals surface area contributed by atoms with Crippen molar-refractivity contribution in [3.8, 4) is 0 Å². The van der Waals surface area contributed by atoms with Gasteiger partial charge in [0.25, 0.3) is 5.91 Å². The van der Waals surface area contributed by atoms with E-state index in [9.17, 15) is 19.0 Å². The molecule has 9 heteroatoms. The smallest absolute Gasteiger partial charge is 0.480 e. The van der Waals surface area contributed by atoms with E-state index in [1.54, 1.807) is 0 Å². The quantitative estimate of drug-likeness (QED) is 0.391. The summed E-state index contributed by atoms with van der Waals surface area (Å²) >= 11 is 0. The van der Waals surface area contributed by atoms with Gasteiger partial charge in [-0.1, -0.05) is 0 Å². The zero-order chi connectivity index (χ0) is 17.0. The van der Waals surface area contributed by atoms with Gasteiger partial charge in [0.1, 0.15) is 11.9 Å². The number of benzene rings is 1. The normalized spacial score (nSPS) is 14.5. The number of rotatable bonds is 7. The third-order valence-electron chi connectivity index (χ3n) is 3.69. The molecular weight excluding hydrogens is 306 g/mol. The SMILES string of the molecule is NCCCC[C@H](NC(=O)c1cc2c(cc1F)B(O)OC2)C(=O)O. The maximum Gasteiger partial charge on any atom is 0.491 e. The van der Waals surface area contributed by atoms with Crippen LogP contribution >= 0.6 is 0 Å². The van der Waals surface area contributed by atoms with Crippen molar-refractivity contribution in [1.29, 1.82) is 0 Å². The van der Waals surface area contributed by atoms with Crippen LogP contribution in [0.1, 0.15) is 35.2 Å². The molecule has 0 aliphatic carbocycles. The topological polar surface area (TPSA) is 122 Å². The van der Waals surface area contributed by atoms with Gasteiger partial charge in [0, 0.05) is 0 Å². The van der Waals surface area contributed by atoms with Gasteiger partial charge in [-0.25, -0.2) is 9.18 Å². The van der Waals surface area contributed by atoms with E-state index in [1.165, 1.54) is 6.07 Å². The molecule has 7 nitrogen and oxygen atoms in total. The lowest BCUT2D eigenvalue weighted by Gasteiger charge is -2.15. The largest absolute Gasteiger partial charge is 0.491 e. The summed E-state index contributed by atoms with van der Waals surface area (Å²) in [6.07, 6.45) is 1.40. The Bertz CT molecular complexity index is 613. The molecule has 0 spiro atoms. The number of unbranched alkanes of at least 4 members (excludes halogenated alkanes) is 1. The van der Waals surface area contributed by atoms with Gasteiger partial charge in [0.15, 0.2) is 0 Å². The molecule has 0 radical (unpaired) electrons. The Morgan fingerprint density at radius 2 is 2.17 bits per heavy atom. The number of carbonyl (C=O) groups is 2. The van der Waals surface area contributed by atoms with Gasteiger partial charge in [-0.2, -0.15) is 0 Å². The average Bonchev–Trinajstić information content (AvgIpc) is 2.86. The van der Waals surface area contributed by atoms with Crippen molar-refractivity contribution in [2.45, 2.75) is 31.9 Å². The van der Waals surface area contributed by atoms with Gasteiger partial charge in [-0.05, 0) is 49.0 Å². The van der Waals surface area contributed by atoms with E-state index in [-0.39, 0.29) is 24.1 Å². The first kappa shape index (κ1) is 17.4. The molecule has 1 aromatic carbocycles. The number of nitrogens with two attached hydrogens (primary N) is 1. The van der Waals surface area contributed by atoms with Crippen LogP contribution in [0.3, 0.4) is 0 Å². The van der Waals surface area contributed by atoms with Crippen molar-refractivity contribution < 1.29 is 28.8 Å². The van der Waals surface area contributed by atoms with Crippen LogP contribution in [0.15, 0.2) is 12.1 Å². The lowest BCUT2D eigenvalue weighted by atomic mass is 9.79. The second-order valence-corrected chi connectivity index (χ2v) is 5.34. The van der Waals surface area contributed by atoms with Crippen LogP contribution in [0.4, 0.5) is 4.39 Å². The number of hydrogen-bond acceptors (Lipinski definition) is 5. The van der Waals surface area contributed by atoms with E-state index in [4.69, 9.17) is 15.5 Å². The molecule has 0 unspecified atom stereocenters. The lowest BCUT2D eigenvalue weighted by Crippen LogP contribution is -2.41. The summed E-state index contributed by atoms with van der Waals surface area (Å²) in [6, 6.07) is 1.20. The summed E-state index contributed by atoms with van der Waals surface area (Å²) < 4.78 is 19.0. The molecule has 0 bridgehead atoms. The summed E-state index contributed by atoms with van der Waals surface area (Å²) in [7, 11) is -1.21. The van der Waals surface area contributed by atoms with Crippen LogP contribution < -0.4 is 16.5 Å². The number of hydrogen-bond donors (Lipinski definition) is 4. The fourth-order valence-electron chi connectivity index (χ4n) is 2.41. The molecule has 0 fully saturated rings. The minimum absolute atomic E-state index is 0.0654. The summed E-state index contributed by atoms with van der Waals surface area (Å²) in [5.74, 6) is -2.83. The van der Waals surface area contributed by atoms with Gasteiger partial charge >= 0.3 is 13.1 Å². The van der Waals surface area contributed by atoms with Crippen LogP contribution in [-0.2, 0) is 16.1 Å². The zero-order valence-corrected chi connectivity index (χ0v) is 12.4. The standard InChI is InChI=1S/C14H18BFN2O5/c16-11-6-10-8(7-23-15(10)22)5-9(11)13(19)18-12(14(20)21)3-1-2-4-17/h5-6,12,22H,1-4,7,17H2,(H,18,19)(H,20,21)/t12-/m0/s1. The number of amides is 1. The molecular formula is C14H18BFN2O5. The summed E-state index contributed by atoms with van der Waals surface area (Å²) in [5.41, 5.74) is 5.85. The molecule has 0 saturated heterocycles. The number of carbonyl (C=O) groups excluding carboxylic acids is 1. The highest BCUT2D eigenvalue weighted by Gasteiger charge is 2.30. The van der Waals surface area contributed by atoms with Crippen molar-refractivity contribution in [2.75, 3.05) is 6.54 Å². The van der Waals surface area contributed by atoms with Crippen molar-refractivity contribution in [3.05, 3.63) is 29.1 Å². The van der Waals surface area contributed by atoms with Crippen LogP contribution in [0.25, 0.3) is 0 Å². The van der Waals surface area contributed by atoms with Gasteiger partial charge < -0.3 is 25.8 Å². The Hall–Kier alpha value is -1.97. The molecule has 0 aromatic heterocycles. The second kappa shape index (κ2) is 7.54. The molecule has 1 heterocycles. The average molecular weight is 324 g/mol. The van der Waals surface area contributed by atoms with Crippen molar-refractivity contribution in [2.24, 2.45) is 5.73 Å². The molecule has 0 saturated carbocycles. The van der Waals surface area contributed by atoms with E-state index in [0.29, 0.717) is 24.9 Å². The van der Waals surface area contributed by atoms with Crippen LogP contribution in [-0.4, -0.2) is 41.7 Å². The van der Waals surface area contributed by atoms with E-state index < -0.39 is 30.9 Å². The number of fused-ring (bicyclic) bond motifs is 1. The predicted octanol–water partition coefficient (Wildman–Crippen LogP) is -0.645. The molecule has 23 heavy (non-hydrogen) atoms. The third kappa shape index (κ3) is 4.07. The first-order valence-electron chi connectivity index (χ1n) is 7.29. The van der Waals surface area contributed by atoms with Gasteiger partial charge in [0.05, 0.1) is 12.2 Å². The first-order chi connectivity index (χ1) is 10.9. The molecule has 1 amide bonds. The van der Waals surface area contributed by atoms with Crippen LogP contribution in [0.5, 0.6) is 0 Å². The zero-order valence-electron chi connectivity index (χ0n) is 12.4. The highest BCUT2D eigenvalue weighted by atomic mass is 19.1. The number of nitrogens with one attached hydrogen (secondary N) is 1. The second-order valence-electron chi connectivity index (χ2n) is 5.34. The number of halogens is 1. The molecule has 5 N–H and O–H groups in total. The Labute approximate surface area is 132 Å².